The van der Waals surface area contributed by atoms with Crippen molar-refractivity contribution in [2.75, 3.05) is 13.4 Å². The molecule has 0 saturated heterocycles. The van der Waals surface area contributed by atoms with E-state index >= 15 is 0 Å². The second-order valence-electron chi connectivity index (χ2n) is 6.88. The Morgan fingerprint density at radius 2 is 1.75 bits per heavy atom. The Morgan fingerprint density at radius 1 is 1.04 bits per heavy atom. The highest BCUT2D eigenvalue weighted by molar-refractivity contribution is 5.45. The molecule has 1 aliphatic heterocycles. The number of fused-ring (bicyclic) bond motifs is 1. The normalized spacial score (nSPS) is 15.0. The van der Waals surface area contributed by atoms with Crippen LogP contribution in [0.2, 0.25) is 0 Å². The van der Waals surface area contributed by atoms with E-state index in [9.17, 15) is 5.11 Å². The molecule has 3 rings (SSSR count). The third-order valence-corrected chi connectivity index (χ3v) is 4.59. The fraction of sp³-hybridized carbons (Fsp3) is 0.400. The van der Waals surface area contributed by atoms with Gasteiger partial charge in [0.1, 0.15) is 11.5 Å². The SMILES string of the molecule is CC1(C)COc2ccc(CCc3ccc(CO)c(OCO)c3)cc21. The molecule has 1 aliphatic rings. The zero-order valence-electron chi connectivity index (χ0n) is 14.2. The Labute approximate surface area is 142 Å². The molecular formula is C20H24O4. The monoisotopic (exact) mass is 328 g/mol. The lowest BCUT2D eigenvalue weighted by molar-refractivity contribution is 0.0958. The largest absolute Gasteiger partial charge is 0.492 e. The third kappa shape index (κ3) is 3.40. The Morgan fingerprint density at radius 3 is 2.46 bits per heavy atom. The number of ether oxygens (including phenoxy) is 2. The summed E-state index contributed by atoms with van der Waals surface area (Å²) in [6.45, 7) is 4.64. The van der Waals surface area contributed by atoms with Gasteiger partial charge in [0, 0.05) is 16.5 Å². The van der Waals surface area contributed by atoms with E-state index < -0.39 is 6.79 Å². The Balaban J connectivity index is 1.73. The van der Waals surface area contributed by atoms with Crippen molar-refractivity contribution in [1.29, 1.82) is 0 Å². The first-order valence-corrected chi connectivity index (χ1v) is 8.26. The summed E-state index contributed by atoms with van der Waals surface area (Å²) in [6.07, 6.45) is 1.79. The Hall–Kier alpha value is -2.04. The molecule has 0 aromatic heterocycles. The molecule has 0 fully saturated rings. The predicted octanol–water partition coefficient (Wildman–Crippen LogP) is 2.96. The Bertz CT molecular complexity index is 722. The smallest absolute Gasteiger partial charge is 0.186 e. The van der Waals surface area contributed by atoms with Crippen molar-refractivity contribution in [3.05, 3.63) is 58.7 Å². The van der Waals surface area contributed by atoms with E-state index in [4.69, 9.17) is 14.6 Å². The molecule has 1 heterocycles. The average molecular weight is 328 g/mol. The zero-order chi connectivity index (χ0) is 17.2. The summed E-state index contributed by atoms with van der Waals surface area (Å²) in [7, 11) is 0. The number of hydrogen-bond acceptors (Lipinski definition) is 4. The zero-order valence-corrected chi connectivity index (χ0v) is 14.2. The van der Waals surface area contributed by atoms with Crippen LogP contribution in [0.5, 0.6) is 11.5 Å². The molecule has 0 spiro atoms. The van der Waals surface area contributed by atoms with E-state index in [0.717, 1.165) is 30.8 Å². The van der Waals surface area contributed by atoms with Gasteiger partial charge in [0.15, 0.2) is 6.79 Å². The quantitative estimate of drug-likeness (QED) is 0.801. The number of benzene rings is 2. The summed E-state index contributed by atoms with van der Waals surface area (Å²) in [5.74, 6) is 1.54. The van der Waals surface area contributed by atoms with Crippen molar-refractivity contribution in [2.24, 2.45) is 0 Å². The standard InChI is InChI=1S/C20H24O4/c1-20(2)12-23-18-8-6-14(9-17(18)20)3-4-15-5-7-16(11-21)19(10-15)24-13-22/h5-10,21-22H,3-4,11-13H2,1-2H3. The molecule has 0 bridgehead atoms. The lowest BCUT2D eigenvalue weighted by atomic mass is 9.85. The molecule has 2 aromatic carbocycles. The molecule has 4 heteroatoms. The number of rotatable bonds is 6. The van der Waals surface area contributed by atoms with E-state index in [1.807, 2.05) is 18.2 Å². The molecule has 2 N–H and O–H groups in total. The summed E-state index contributed by atoms with van der Waals surface area (Å²) in [5, 5.41) is 18.3. The highest BCUT2D eigenvalue weighted by Crippen LogP contribution is 2.38. The molecule has 0 unspecified atom stereocenters. The van der Waals surface area contributed by atoms with Gasteiger partial charge in [-0.2, -0.15) is 0 Å². The van der Waals surface area contributed by atoms with Crippen molar-refractivity contribution < 1.29 is 19.7 Å². The molecule has 0 aliphatic carbocycles. The molecule has 4 nitrogen and oxygen atoms in total. The van der Waals surface area contributed by atoms with Crippen LogP contribution in [0.25, 0.3) is 0 Å². The third-order valence-electron chi connectivity index (χ3n) is 4.59. The van der Waals surface area contributed by atoms with Gasteiger partial charge < -0.3 is 19.7 Å². The van der Waals surface area contributed by atoms with Crippen LogP contribution in [0.4, 0.5) is 0 Å². The van der Waals surface area contributed by atoms with Crippen LogP contribution in [0.3, 0.4) is 0 Å². The maximum Gasteiger partial charge on any atom is 0.186 e. The minimum atomic E-state index is -0.393. The summed E-state index contributed by atoms with van der Waals surface area (Å²) < 4.78 is 10.9. The number of aryl methyl sites for hydroxylation is 2. The van der Waals surface area contributed by atoms with Crippen LogP contribution in [0.1, 0.15) is 36.1 Å². The lowest BCUT2D eigenvalue weighted by Gasteiger charge is -2.16. The predicted molar refractivity (Wildman–Crippen MR) is 92.4 cm³/mol. The van der Waals surface area contributed by atoms with Crippen LogP contribution >= 0.6 is 0 Å². The summed E-state index contributed by atoms with van der Waals surface area (Å²) in [4.78, 5) is 0. The number of aliphatic hydroxyl groups excluding tert-OH is 2. The van der Waals surface area contributed by atoms with Crippen molar-refractivity contribution in [1.82, 2.24) is 0 Å². The van der Waals surface area contributed by atoms with E-state index in [2.05, 4.69) is 32.0 Å². The van der Waals surface area contributed by atoms with E-state index in [1.54, 1.807) is 0 Å². The highest BCUT2D eigenvalue weighted by atomic mass is 16.6. The van der Waals surface area contributed by atoms with Crippen molar-refractivity contribution in [3.8, 4) is 11.5 Å². The topological polar surface area (TPSA) is 58.9 Å². The van der Waals surface area contributed by atoms with Gasteiger partial charge in [0.25, 0.3) is 0 Å². The molecule has 0 radical (unpaired) electrons. The number of hydrogen-bond donors (Lipinski definition) is 2. The molecule has 0 atom stereocenters. The Kier molecular flexibility index (Phi) is 4.78. The minimum Gasteiger partial charge on any atom is -0.492 e. The first kappa shape index (κ1) is 16.8. The summed E-state index contributed by atoms with van der Waals surface area (Å²) in [5.41, 5.74) is 4.43. The van der Waals surface area contributed by atoms with Crippen LogP contribution < -0.4 is 9.47 Å². The molecule has 128 valence electrons. The van der Waals surface area contributed by atoms with Crippen LogP contribution in [-0.2, 0) is 24.9 Å². The summed E-state index contributed by atoms with van der Waals surface area (Å²) >= 11 is 0. The van der Waals surface area contributed by atoms with E-state index in [1.165, 1.54) is 11.1 Å². The second-order valence-corrected chi connectivity index (χ2v) is 6.88. The van der Waals surface area contributed by atoms with E-state index in [0.29, 0.717) is 11.3 Å². The van der Waals surface area contributed by atoms with Gasteiger partial charge in [-0.1, -0.05) is 38.1 Å². The van der Waals surface area contributed by atoms with Gasteiger partial charge in [-0.3, -0.25) is 0 Å². The van der Waals surface area contributed by atoms with E-state index in [-0.39, 0.29) is 12.0 Å². The van der Waals surface area contributed by atoms with Gasteiger partial charge in [0.2, 0.25) is 0 Å². The second kappa shape index (κ2) is 6.83. The fourth-order valence-electron chi connectivity index (χ4n) is 3.10. The van der Waals surface area contributed by atoms with Crippen LogP contribution in [0, 0.1) is 0 Å². The molecule has 24 heavy (non-hydrogen) atoms. The molecule has 0 amide bonds. The molecule has 0 saturated carbocycles. The van der Waals surface area contributed by atoms with Crippen molar-refractivity contribution in [2.45, 2.75) is 38.7 Å². The minimum absolute atomic E-state index is 0.0657. The molecule has 2 aromatic rings. The maximum atomic E-state index is 9.31. The maximum absolute atomic E-state index is 9.31. The van der Waals surface area contributed by atoms with Gasteiger partial charge in [-0.05, 0) is 36.1 Å². The first-order chi connectivity index (χ1) is 11.5. The van der Waals surface area contributed by atoms with Gasteiger partial charge >= 0.3 is 0 Å². The van der Waals surface area contributed by atoms with Gasteiger partial charge in [-0.15, -0.1) is 0 Å². The highest BCUT2D eigenvalue weighted by Gasteiger charge is 2.31. The number of aliphatic hydroxyl groups is 2. The molecular weight excluding hydrogens is 304 g/mol. The average Bonchev–Trinajstić information content (AvgIpc) is 2.88. The first-order valence-electron chi connectivity index (χ1n) is 8.26. The lowest BCUT2D eigenvalue weighted by Crippen LogP contribution is -2.18. The fourth-order valence-corrected chi connectivity index (χ4v) is 3.10. The van der Waals surface area contributed by atoms with Crippen LogP contribution in [0.15, 0.2) is 36.4 Å². The summed E-state index contributed by atoms with van der Waals surface area (Å²) in [6, 6.07) is 12.2. The van der Waals surface area contributed by atoms with Crippen molar-refractivity contribution in [3.63, 3.8) is 0 Å². The van der Waals surface area contributed by atoms with Gasteiger partial charge in [-0.25, -0.2) is 0 Å². The van der Waals surface area contributed by atoms with Crippen molar-refractivity contribution >= 4 is 0 Å². The van der Waals surface area contributed by atoms with Gasteiger partial charge in [0.05, 0.1) is 13.2 Å². The van der Waals surface area contributed by atoms with Crippen LogP contribution in [-0.4, -0.2) is 23.6 Å².